The van der Waals surface area contributed by atoms with Crippen LogP contribution in [0.3, 0.4) is 0 Å². The average molecular weight is 319 g/mol. The topological polar surface area (TPSA) is 80.7 Å². The normalized spacial score (nSPS) is 10.1. The van der Waals surface area contributed by atoms with Crippen molar-refractivity contribution in [2.45, 2.75) is 6.92 Å². The quantitative estimate of drug-likeness (QED) is 0.532. The smallest absolute Gasteiger partial charge is 0.335 e. The van der Waals surface area contributed by atoms with E-state index in [9.17, 15) is 14.4 Å². The van der Waals surface area contributed by atoms with Crippen molar-refractivity contribution in [3.05, 3.63) is 64.2 Å². The Labute approximate surface area is 131 Å². The minimum atomic E-state index is -1.11. The van der Waals surface area contributed by atoms with E-state index < -0.39 is 11.9 Å². The molecule has 2 rings (SSSR count). The van der Waals surface area contributed by atoms with Crippen LogP contribution in [0, 0.1) is 0 Å². The summed E-state index contributed by atoms with van der Waals surface area (Å²) in [5, 5.41) is 9.07. The third kappa shape index (κ3) is 3.51. The molecular weight excluding hydrogens is 308 g/mol. The predicted octanol–water partition coefficient (Wildman–Crippen LogP) is 3.19. The zero-order valence-corrected chi connectivity index (χ0v) is 12.3. The van der Waals surface area contributed by atoms with Gasteiger partial charge in [-0.3, -0.25) is 9.59 Å². The van der Waals surface area contributed by atoms with Crippen LogP contribution in [0.1, 0.15) is 33.2 Å². The lowest BCUT2D eigenvalue weighted by Crippen LogP contribution is -2.06. The molecule has 0 saturated carbocycles. The van der Waals surface area contributed by atoms with E-state index in [2.05, 4.69) is 0 Å². The first-order chi connectivity index (χ1) is 10.4. The Hall–Kier alpha value is -2.66. The summed E-state index contributed by atoms with van der Waals surface area (Å²) in [6.07, 6.45) is 0. The molecule has 0 saturated heterocycles. The van der Waals surface area contributed by atoms with E-state index in [0.717, 1.165) is 0 Å². The van der Waals surface area contributed by atoms with Crippen molar-refractivity contribution in [1.29, 1.82) is 0 Å². The number of halogens is 1. The zero-order chi connectivity index (χ0) is 16.3. The number of ether oxygens (including phenoxy) is 1. The van der Waals surface area contributed by atoms with Crippen LogP contribution in [0.25, 0.3) is 0 Å². The molecule has 6 heteroatoms. The third-order valence-corrected chi connectivity index (χ3v) is 3.11. The maximum Gasteiger partial charge on any atom is 0.335 e. The van der Waals surface area contributed by atoms with Crippen molar-refractivity contribution in [3.8, 4) is 5.75 Å². The fourth-order valence-electron chi connectivity index (χ4n) is 1.84. The molecule has 5 nitrogen and oxygen atoms in total. The molecule has 0 aliphatic carbocycles. The molecule has 2 aromatic carbocycles. The number of aromatic carboxylic acids is 1. The van der Waals surface area contributed by atoms with Crippen molar-refractivity contribution in [2.24, 2.45) is 0 Å². The summed E-state index contributed by atoms with van der Waals surface area (Å²) in [5.74, 6) is -1.85. The number of carboxylic acids is 1. The highest BCUT2D eigenvalue weighted by Gasteiger charge is 2.14. The maximum atomic E-state index is 12.3. The lowest BCUT2D eigenvalue weighted by atomic mass is 10.0. The van der Waals surface area contributed by atoms with Gasteiger partial charge in [0.2, 0.25) is 0 Å². The summed E-state index contributed by atoms with van der Waals surface area (Å²) in [4.78, 5) is 34.2. The number of esters is 1. The fraction of sp³-hybridized carbons (Fsp3) is 0.0625. The van der Waals surface area contributed by atoms with Crippen molar-refractivity contribution >= 4 is 29.3 Å². The van der Waals surface area contributed by atoms with E-state index in [1.165, 1.54) is 49.4 Å². The van der Waals surface area contributed by atoms with Gasteiger partial charge in [-0.05, 0) is 30.3 Å². The molecule has 0 radical (unpaired) electrons. The highest BCUT2D eigenvalue weighted by Crippen LogP contribution is 2.26. The van der Waals surface area contributed by atoms with Crippen molar-refractivity contribution in [3.63, 3.8) is 0 Å². The molecule has 0 aromatic heterocycles. The number of benzene rings is 2. The second kappa shape index (κ2) is 6.41. The van der Waals surface area contributed by atoms with Gasteiger partial charge in [0.05, 0.1) is 10.6 Å². The summed E-state index contributed by atoms with van der Waals surface area (Å²) in [6, 6.07) is 9.94. The highest BCUT2D eigenvalue weighted by molar-refractivity contribution is 6.32. The second-order valence-corrected chi connectivity index (χ2v) is 4.86. The van der Waals surface area contributed by atoms with E-state index in [4.69, 9.17) is 21.4 Å². The Morgan fingerprint density at radius 1 is 1.00 bits per heavy atom. The number of carbonyl (C=O) groups excluding carboxylic acids is 2. The molecule has 112 valence electrons. The third-order valence-electron chi connectivity index (χ3n) is 2.82. The number of hydrogen-bond acceptors (Lipinski definition) is 4. The monoisotopic (exact) mass is 318 g/mol. The van der Waals surface area contributed by atoms with E-state index in [0.29, 0.717) is 0 Å². The van der Waals surface area contributed by atoms with Gasteiger partial charge in [-0.15, -0.1) is 0 Å². The molecule has 0 unspecified atom stereocenters. The van der Waals surface area contributed by atoms with Gasteiger partial charge in [0.15, 0.2) is 5.78 Å². The number of hydrogen-bond donors (Lipinski definition) is 1. The van der Waals surface area contributed by atoms with Gasteiger partial charge in [-0.1, -0.05) is 23.7 Å². The molecule has 0 bridgehead atoms. The van der Waals surface area contributed by atoms with E-state index in [1.807, 2.05) is 0 Å². The van der Waals surface area contributed by atoms with Crippen molar-refractivity contribution in [1.82, 2.24) is 0 Å². The van der Waals surface area contributed by atoms with Crippen LogP contribution in [0.2, 0.25) is 5.02 Å². The highest BCUT2D eigenvalue weighted by atomic mass is 35.5. The molecule has 0 aliphatic rings. The number of carbonyl (C=O) groups is 3. The summed E-state index contributed by atoms with van der Waals surface area (Å²) in [7, 11) is 0. The molecular formula is C16H11ClO5. The molecule has 2 aromatic rings. The van der Waals surface area contributed by atoms with Gasteiger partial charge >= 0.3 is 11.9 Å². The number of rotatable bonds is 4. The van der Waals surface area contributed by atoms with Crippen LogP contribution in [0.15, 0.2) is 42.5 Å². The minimum Gasteiger partial charge on any atom is -0.478 e. The Morgan fingerprint density at radius 2 is 1.64 bits per heavy atom. The first-order valence-corrected chi connectivity index (χ1v) is 6.62. The van der Waals surface area contributed by atoms with Crippen molar-refractivity contribution < 1.29 is 24.2 Å². The van der Waals surface area contributed by atoms with E-state index >= 15 is 0 Å². The maximum absolute atomic E-state index is 12.3. The van der Waals surface area contributed by atoms with Crippen LogP contribution < -0.4 is 4.74 Å². The van der Waals surface area contributed by atoms with Gasteiger partial charge in [0.1, 0.15) is 5.75 Å². The van der Waals surface area contributed by atoms with Gasteiger partial charge < -0.3 is 9.84 Å². The Balaban J connectivity index is 2.34. The lowest BCUT2D eigenvalue weighted by molar-refractivity contribution is -0.131. The zero-order valence-electron chi connectivity index (χ0n) is 11.5. The second-order valence-electron chi connectivity index (χ2n) is 4.45. The number of carboxylic acid groups (broad SMARTS) is 1. The molecule has 1 N–H and O–H groups in total. The number of ketones is 1. The van der Waals surface area contributed by atoms with Gasteiger partial charge in [0.25, 0.3) is 0 Å². The SMILES string of the molecule is CC(=O)Oc1ccc(C(=O)c2cccc(C(=O)O)c2)cc1Cl. The van der Waals surface area contributed by atoms with Crippen LogP contribution >= 0.6 is 11.6 Å². The Bertz CT molecular complexity index is 767. The van der Waals surface area contributed by atoms with Gasteiger partial charge in [-0.2, -0.15) is 0 Å². The summed E-state index contributed by atoms with van der Waals surface area (Å²) >= 11 is 5.96. The van der Waals surface area contributed by atoms with Gasteiger partial charge in [-0.25, -0.2) is 4.79 Å². The van der Waals surface area contributed by atoms with Crippen molar-refractivity contribution in [2.75, 3.05) is 0 Å². The lowest BCUT2D eigenvalue weighted by Gasteiger charge is -2.07. The van der Waals surface area contributed by atoms with Crippen LogP contribution in [0.5, 0.6) is 5.75 Å². The van der Waals surface area contributed by atoms with Crippen LogP contribution in [0.4, 0.5) is 0 Å². The molecule has 0 fully saturated rings. The van der Waals surface area contributed by atoms with Crippen LogP contribution in [-0.4, -0.2) is 22.8 Å². The minimum absolute atomic E-state index is 0.0217. The van der Waals surface area contributed by atoms with Gasteiger partial charge in [0, 0.05) is 18.1 Å². The molecule has 0 amide bonds. The molecule has 0 spiro atoms. The average Bonchev–Trinajstić information content (AvgIpc) is 2.48. The molecule has 0 heterocycles. The first kappa shape index (κ1) is 15.7. The molecule has 22 heavy (non-hydrogen) atoms. The predicted molar refractivity (Wildman–Crippen MR) is 79.6 cm³/mol. The van der Waals surface area contributed by atoms with E-state index in [1.54, 1.807) is 0 Å². The summed E-state index contributed by atoms with van der Waals surface area (Å²) < 4.78 is 4.88. The summed E-state index contributed by atoms with van der Waals surface area (Å²) in [5.41, 5.74) is 0.521. The molecule has 0 aliphatic heterocycles. The Kier molecular flexibility index (Phi) is 4.58. The Morgan fingerprint density at radius 3 is 2.23 bits per heavy atom. The molecule has 0 atom stereocenters. The fourth-order valence-corrected chi connectivity index (χ4v) is 2.06. The van der Waals surface area contributed by atoms with Crippen LogP contribution in [-0.2, 0) is 4.79 Å². The van der Waals surface area contributed by atoms with E-state index in [-0.39, 0.29) is 33.2 Å². The largest absolute Gasteiger partial charge is 0.478 e. The standard InChI is InChI=1S/C16H11ClO5/c1-9(18)22-14-6-5-11(8-13(14)17)15(19)10-3-2-4-12(7-10)16(20)21/h2-8H,1H3,(H,20,21). The summed E-state index contributed by atoms with van der Waals surface area (Å²) in [6.45, 7) is 1.24. The first-order valence-electron chi connectivity index (χ1n) is 6.24.